The number of nitrogens with zero attached hydrogens (tertiary/aromatic N) is 5. The molecule has 7 rings (SSSR count). The van der Waals surface area contributed by atoms with Crippen molar-refractivity contribution in [1.82, 2.24) is 23.8 Å². The van der Waals surface area contributed by atoms with Gasteiger partial charge in [-0.2, -0.15) is 18.2 Å². The van der Waals surface area contributed by atoms with Crippen LogP contribution in [0.1, 0.15) is 19.4 Å². The van der Waals surface area contributed by atoms with E-state index in [0.717, 1.165) is 33.5 Å². The molecule has 7 aromatic rings. The molecule has 0 aliphatic rings. The summed E-state index contributed by atoms with van der Waals surface area (Å²) in [4.78, 5) is 13.4. The van der Waals surface area contributed by atoms with Crippen LogP contribution >= 0.6 is 0 Å². The molecule has 0 N–H and O–H groups in total. The zero-order chi connectivity index (χ0) is 28.1. The van der Waals surface area contributed by atoms with E-state index in [2.05, 4.69) is 37.0 Å². The molecule has 0 aliphatic heterocycles. The largest absolute Gasteiger partial charge is 0.304 e. The summed E-state index contributed by atoms with van der Waals surface area (Å²) in [6.07, 6.45) is 3.32. The molecule has 0 fully saturated rings. The van der Waals surface area contributed by atoms with E-state index in [-0.39, 0.29) is 31.2 Å². The van der Waals surface area contributed by atoms with E-state index in [1.807, 2.05) is 48.7 Å². The summed E-state index contributed by atoms with van der Waals surface area (Å²) in [6, 6.07) is 29.7. The average molecular weight is 638 g/mol. The standard InChI is InChI=1S/C16H9N4.C13H12N.Ir/c1-3-7-13-11(5-1)18-16-19(13)10-9-15-17-12-6-2-4-8-14(12)20(15)16;1-10-3-6-12(7-4-10)13-8-5-11(2)9-14-13;/h1-7,9-10H;3-6,8-9H,1-2H3;/q2*-1;/i;1D3,2D3;. The maximum Gasteiger partial charge on any atom is 0.219 e. The van der Waals surface area contributed by atoms with Gasteiger partial charge in [0.15, 0.2) is 0 Å². The van der Waals surface area contributed by atoms with Gasteiger partial charge in [-0.3, -0.25) is 13.8 Å². The van der Waals surface area contributed by atoms with Crippen LogP contribution in [0.3, 0.4) is 0 Å². The number of aryl methyl sites for hydroxylation is 2. The van der Waals surface area contributed by atoms with Crippen molar-refractivity contribution in [3.63, 3.8) is 0 Å². The second-order valence-corrected chi connectivity index (χ2v) is 7.72. The predicted octanol–water partition coefficient (Wildman–Crippen LogP) is 6.25. The summed E-state index contributed by atoms with van der Waals surface area (Å²) in [6.45, 7) is -4.34. The van der Waals surface area contributed by atoms with Crippen LogP contribution in [0.4, 0.5) is 0 Å². The Hall–Kier alpha value is -3.86. The zero-order valence-corrected chi connectivity index (χ0v) is 20.6. The van der Waals surface area contributed by atoms with Crippen molar-refractivity contribution in [3.05, 3.63) is 115 Å². The fourth-order valence-electron chi connectivity index (χ4n) is 3.91. The van der Waals surface area contributed by atoms with Gasteiger partial charge >= 0.3 is 0 Å². The molecule has 4 aromatic heterocycles. The van der Waals surface area contributed by atoms with Crippen LogP contribution in [0.25, 0.3) is 44.7 Å². The van der Waals surface area contributed by atoms with Crippen molar-refractivity contribution in [1.29, 1.82) is 0 Å². The minimum atomic E-state index is -2.18. The molecule has 0 spiro atoms. The number of rotatable bonds is 1. The zero-order valence-electron chi connectivity index (χ0n) is 24.2. The monoisotopic (exact) mass is 638 g/mol. The number of imidazole rings is 2. The molecule has 0 aliphatic carbocycles. The summed E-state index contributed by atoms with van der Waals surface area (Å²) in [5, 5.41) is 0. The first kappa shape index (κ1) is 16.7. The van der Waals surface area contributed by atoms with Gasteiger partial charge in [-0.25, -0.2) is 4.98 Å². The maximum atomic E-state index is 7.28. The Labute approximate surface area is 224 Å². The van der Waals surface area contributed by atoms with E-state index in [1.54, 1.807) is 12.1 Å². The van der Waals surface area contributed by atoms with Crippen LogP contribution in [0.5, 0.6) is 0 Å². The fourth-order valence-corrected chi connectivity index (χ4v) is 3.91. The summed E-state index contributed by atoms with van der Waals surface area (Å²) in [7, 11) is 0. The molecule has 0 amide bonds. The topological polar surface area (TPSA) is 47.5 Å². The summed E-state index contributed by atoms with van der Waals surface area (Å²) in [5.41, 5.74) is 6.42. The molecule has 0 bridgehead atoms. The number of aromatic nitrogens is 5. The molecule has 0 unspecified atom stereocenters. The molecule has 0 saturated carbocycles. The van der Waals surface area contributed by atoms with Gasteiger partial charge in [0.05, 0.1) is 11.0 Å². The minimum Gasteiger partial charge on any atom is -0.304 e. The van der Waals surface area contributed by atoms with Gasteiger partial charge in [-0.1, -0.05) is 31.1 Å². The van der Waals surface area contributed by atoms with Crippen molar-refractivity contribution in [2.45, 2.75) is 13.7 Å². The molecule has 3 aromatic carbocycles. The first-order valence-electron chi connectivity index (χ1n) is 13.6. The van der Waals surface area contributed by atoms with Crippen molar-refractivity contribution >= 4 is 33.5 Å². The number of hydrogen-bond donors (Lipinski definition) is 0. The van der Waals surface area contributed by atoms with Crippen LogP contribution in [-0.4, -0.2) is 23.8 Å². The molecular formula is C29H21IrN5-2. The first-order valence-corrected chi connectivity index (χ1v) is 10.6. The van der Waals surface area contributed by atoms with Gasteiger partial charge in [-0.05, 0) is 47.3 Å². The third-order valence-electron chi connectivity index (χ3n) is 5.50. The molecule has 6 heteroatoms. The Bertz CT molecular complexity index is 1920. The molecule has 1 radical (unpaired) electrons. The van der Waals surface area contributed by atoms with Crippen molar-refractivity contribution < 1.29 is 28.3 Å². The minimum absolute atomic E-state index is 0. The average Bonchev–Trinajstić information content (AvgIpc) is 3.51. The predicted molar refractivity (Wildman–Crippen MR) is 136 cm³/mol. The summed E-state index contributed by atoms with van der Waals surface area (Å²) in [5.74, 6) is 0.869. The Morgan fingerprint density at radius 2 is 1.69 bits per heavy atom. The van der Waals surface area contributed by atoms with Crippen LogP contribution in [0.15, 0.2) is 91.3 Å². The third-order valence-corrected chi connectivity index (χ3v) is 5.50. The number of hydrogen-bond acceptors (Lipinski definition) is 3. The smallest absolute Gasteiger partial charge is 0.219 e. The quantitative estimate of drug-likeness (QED) is 0.200. The Kier molecular flexibility index (Phi) is 4.50. The molecule has 35 heavy (non-hydrogen) atoms. The van der Waals surface area contributed by atoms with E-state index in [0.29, 0.717) is 11.3 Å². The second-order valence-electron chi connectivity index (χ2n) is 7.72. The van der Waals surface area contributed by atoms with E-state index < -0.39 is 13.7 Å². The van der Waals surface area contributed by atoms with Crippen molar-refractivity contribution in [2.24, 2.45) is 0 Å². The second kappa shape index (κ2) is 9.41. The van der Waals surface area contributed by atoms with Gasteiger partial charge in [0.2, 0.25) is 5.78 Å². The SMILES string of the molecule is [2H]C([2H])([2H])c1c[c-]c(-c2ccc(C([2H])([2H])[2H])cn2)cc1.[Ir].[c-]1cccc2nc3ccn4c5ccccc5nc4n3c12. The maximum absolute atomic E-state index is 7.28. The van der Waals surface area contributed by atoms with Crippen LogP contribution in [0.2, 0.25) is 0 Å². The summed E-state index contributed by atoms with van der Waals surface area (Å²) >= 11 is 0. The molecule has 0 saturated heterocycles. The van der Waals surface area contributed by atoms with Gasteiger partial charge in [0, 0.05) is 40.7 Å². The Balaban J connectivity index is 0.000000161. The fraction of sp³-hybridized carbons (Fsp3) is 0.0690. The molecular weight excluding hydrogens is 611 g/mol. The van der Waals surface area contributed by atoms with Gasteiger partial charge in [0.1, 0.15) is 5.65 Å². The molecule has 173 valence electrons. The molecule has 5 nitrogen and oxygen atoms in total. The Morgan fingerprint density at radius 1 is 0.829 bits per heavy atom. The third kappa shape index (κ3) is 4.23. The van der Waals surface area contributed by atoms with Gasteiger partial charge < -0.3 is 4.98 Å². The van der Waals surface area contributed by atoms with Crippen molar-refractivity contribution in [2.75, 3.05) is 0 Å². The van der Waals surface area contributed by atoms with E-state index in [1.165, 1.54) is 24.4 Å². The van der Waals surface area contributed by atoms with Crippen LogP contribution in [0, 0.1) is 25.8 Å². The van der Waals surface area contributed by atoms with Gasteiger partial charge in [0.25, 0.3) is 0 Å². The normalized spacial score (nSPS) is 14.2. The van der Waals surface area contributed by atoms with E-state index in [9.17, 15) is 0 Å². The number of para-hydroxylation sites is 3. The number of benzene rings is 3. The number of pyridine rings is 1. The molecule has 4 heterocycles. The van der Waals surface area contributed by atoms with E-state index in [4.69, 9.17) is 13.2 Å². The van der Waals surface area contributed by atoms with Crippen LogP contribution < -0.4 is 0 Å². The first-order chi connectivity index (χ1) is 19.1. The molecule has 0 atom stereocenters. The summed E-state index contributed by atoms with van der Waals surface area (Å²) < 4.78 is 47.8. The van der Waals surface area contributed by atoms with Crippen molar-refractivity contribution in [3.8, 4) is 11.3 Å². The van der Waals surface area contributed by atoms with Crippen LogP contribution in [-0.2, 0) is 20.1 Å². The Morgan fingerprint density at radius 3 is 2.49 bits per heavy atom. The van der Waals surface area contributed by atoms with E-state index >= 15 is 0 Å². The number of fused-ring (bicyclic) bond motifs is 7. The van der Waals surface area contributed by atoms with Gasteiger partial charge in [-0.15, -0.1) is 41.5 Å².